The quantitative estimate of drug-likeness (QED) is 0.750. The highest BCUT2D eigenvalue weighted by atomic mass is 15.4. The average Bonchev–Trinajstić information content (AvgIpc) is 2.95. The molecule has 0 aliphatic rings. The van der Waals surface area contributed by atoms with Crippen molar-refractivity contribution in [2.75, 3.05) is 11.1 Å². The molecule has 3 rings (SSSR count). The van der Waals surface area contributed by atoms with E-state index in [1.165, 1.54) is 10.2 Å². The summed E-state index contributed by atoms with van der Waals surface area (Å²) < 4.78 is 1.53. The third kappa shape index (κ3) is 2.56. The first-order chi connectivity index (χ1) is 9.70. The Kier molecular flexibility index (Phi) is 3.00. The molecular formula is C13H13N7. The van der Waals surface area contributed by atoms with Crippen LogP contribution >= 0.6 is 0 Å². The fourth-order valence-electron chi connectivity index (χ4n) is 1.69. The largest absolute Gasteiger partial charge is 0.368 e. The highest BCUT2D eigenvalue weighted by Gasteiger charge is 2.06. The van der Waals surface area contributed by atoms with E-state index in [2.05, 4.69) is 25.4 Å². The van der Waals surface area contributed by atoms with Crippen LogP contribution in [0.1, 0.15) is 5.56 Å². The van der Waals surface area contributed by atoms with E-state index in [1.54, 1.807) is 18.5 Å². The number of rotatable bonds is 3. The van der Waals surface area contributed by atoms with Crippen molar-refractivity contribution < 1.29 is 0 Å². The van der Waals surface area contributed by atoms with E-state index >= 15 is 0 Å². The summed E-state index contributed by atoms with van der Waals surface area (Å²) in [5.41, 5.74) is 7.77. The van der Waals surface area contributed by atoms with Gasteiger partial charge in [0.2, 0.25) is 11.9 Å². The molecule has 7 heteroatoms. The van der Waals surface area contributed by atoms with Gasteiger partial charge in [-0.15, -0.1) is 0 Å². The Bertz CT molecular complexity index is 704. The van der Waals surface area contributed by atoms with Crippen molar-refractivity contribution in [2.45, 2.75) is 6.92 Å². The van der Waals surface area contributed by atoms with E-state index in [1.807, 2.05) is 31.2 Å². The number of nitrogen functional groups attached to an aromatic ring is 1. The van der Waals surface area contributed by atoms with Crippen LogP contribution in [0.15, 0.2) is 42.7 Å². The van der Waals surface area contributed by atoms with Crippen LogP contribution in [0.5, 0.6) is 0 Å². The lowest BCUT2D eigenvalue weighted by atomic mass is 10.2. The predicted molar refractivity (Wildman–Crippen MR) is 75.8 cm³/mol. The van der Waals surface area contributed by atoms with Crippen molar-refractivity contribution in [3.05, 3.63) is 48.3 Å². The Balaban J connectivity index is 1.92. The van der Waals surface area contributed by atoms with Crippen LogP contribution in [-0.4, -0.2) is 24.7 Å². The minimum Gasteiger partial charge on any atom is -0.368 e. The summed E-state index contributed by atoms with van der Waals surface area (Å²) in [5.74, 6) is 0.893. The SMILES string of the molecule is Cc1ccc(Nc2nc(N)nc(-n3cccn3)n2)cc1. The molecule has 0 bridgehead atoms. The second-order valence-electron chi connectivity index (χ2n) is 4.26. The molecule has 0 amide bonds. The number of aromatic nitrogens is 5. The standard InChI is InChI=1S/C13H13N7/c1-9-3-5-10(6-4-9)16-12-17-11(14)18-13(19-12)20-8-2-7-15-20/h2-8H,1H3,(H3,14,16,17,18,19). The minimum absolute atomic E-state index is 0.139. The summed E-state index contributed by atoms with van der Waals surface area (Å²) in [6, 6.07) is 9.68. The summed E-state index contributed by atoms with van der Waals surface area (Å²) in [7, 11) is 0. The van der Waals surface area contributed by atoms with Crippen LogP contribution in [0.25, 0.3) is 5.95 Å². The number of aryl methyl sites for hydroxylation is 1. The van der Waals surface area contributed by atoms with Crippen molar-refractivity contribution in [3.8, 4) is 5.95 Å². The van der Waals surface area contributed by atoms with Crippen molar-refractivity contribution >= 4 is 17.6 Å². The Hall–Kier alpha value is -2.96. The Labute approximate surface area is 115 Å². The third-order valence-corrected chi connectivity index (χ3v) is 2.66. The van der Waals surface area contributed by atoms with E-state index in [9.17, 15) is 0 Å². The maximum atomic E-state index is 5.70. The molecule has 3 N–H and O–H groups in total. The van der Waals surface area contributed by atoms with Gasteiger partial charge in [0, 0.05) is 18.1 Å². The van der Waals surface area contributed by atoms with Crippen LogP contribution in [0, 0.1) is 6.92 Å². The molecule has 2 heterocycles. The molecule has 0 saturated carbocycles. The first-order valence-electron chi connectivity index (χ1n) is 6.06. The zero-order valence-corrected chi connectivity index (χ0v) is 10.9. The van der Waals surface area contributed by atoms with Crippen LogP contribution in [0.2, 0.25) is 0 Å². The fraction of sp³-hybridized carbons (Fsp3) is 0.0769. The molecule has 0 radical (unpaired) electrons. The molecule has 1 aromatic carbocycles. The zero-order chi connectivity index (χ0) is 13.9. The van der Waals surface area contributed by atoms with Crippen molar-refractivity contribution in [3.63, 3.8) is 0 Å². The second-order valence-corrected chi connectivity index (χ2v) is 4.26. The van der Waals surface area contributed by atoms with E-state index < -0.39 is 0 Å². The number of hydrogen-bond donors (Lipinski definition) is 2. The molecule has 3 aromatic rings. The normalized spacial score (nSPS) is 10.4. The summed E-state index contributed by atoms with van der Waals surface area (Å²) in [6.45, 7) is 2.03. The number of nitrogens with two attached hydrogens (primary N) is 1. The van der Waals surface area contributed by atoms with Gasteiger partial charge in [0.1, 0.15) is 0 Å². The number of hydrogen-bond acceptors (Lipinski definition) is 6. The monoisotopic (exact) mass is 267 g/mol. The van der Waals surface area contributed by atoms with Gasteiger partial charge in [-0.05, 0) is 25.1 Å². The van der Waals surface area contributed by atoms with E-state index in [0.29, 0.717) is 11.9 Å². The van der Waals surface area contributed by atoms with Crippen LogP contribution < -0.4 is 11.1 Å². The smallest absolute Gasteiger partial charge is 0.257 e. The van der Waals surface area contributed by atoms with Gasteiger partial charge in [0.05, 0.1) is 0 Å². The Morgan fingerprint density at radius 3 is 2.60 bits per heavy atom. The van der Waals surface area contributed by atoms with Gasteiger partial charge < -0.3 is 11.1 Å². The molecule has 0 saturated heterocycles. The molecule has 0 unspecified atom stereocenters. The van der Waals surface area contributed by atoms with Crippen molar-refractivity contribution in [2.24, 2.45) is 0 Å². The zero-order valence-electron chi connectivity index (χ0n) is 10.9. The fourth-order valence-corrected chi connectivity index (χ4v) is 1.69. The first kappa shape index (κ1) is 12.1. The molecular weight excluding hydrogens is 254 g/mol. The summed E-state index contributed by atoms with van der Waals surface area (Å²) in [5, 5.41) is 7.16. The lowest BCUT2D eigenvalue weighted by Gasteiger charge is -2.07. The summed E-state index contributed by atoms with van der Waals surface area (Å²) >= 11 is 0. The molecule has 0 aliphatic carbocycles. The molecule has 0 spiro atoms. The van der Waals surface area contributed by atoms with Gasteiger partial charge in [-0.1, -0.05) is 17.7 Å². The second kappa shape index (κ2) is 4.96. The third-order valence-electron chi connectivity index (χ3n) is 2.66. The minimum atomic E-state index is 0.139. The van der Waals surface area contributed by atoms with E-state index in [4.69, 9.17) is 5.73 Å². The van der Waals surface area contributed by atoms with Gasteiger partial charge in [0.15, 0.2) is 0 Å². The number of nitrogens with zero attached hydrogens (tertiary/aromatic N) is 5. The molecule has 100 valence electrons. The average molecular weight is 267 g/mol. The molecule has 20 heavy (non-hydrogen) atoms. The van der Waals surface area contributed by atoms with Crippen LogP contribution in [0.3, 0.4) is 0 Å². The Morgan fingerprint density at radius 1 is 1.10 bits per heavy atom. The maximum absolute atomic E-state index is 5.70. The lowest BCUT2D eigenvalue weighted by molar-refractivity contribution is 0.801. The van der Waals surface area contributed by atoms with Gasteiger partial charge in [0.25, 0.3) is 5.95 Å². The van der Waals surface area contributed by atoms with Gasteiger partial charge in [-0.2, -0.15) is 20.1 Å². The van der Waals surface area contributed by atoms with Gasteiger partial charge >= 0.3 is 0 Å². The Morgan fingerprint density at radius 2 is 1.90 bits per heavy atom. The highest BCUT2D eigenvalue weighted by molar-refractivity contribution is 5.54. The summed E-state index contributed by atoms with van der Waals surface area (Å²) in [6.07, 6.45) is 3.39. The maximum Gasteiger partial charge on any atom is 0.257 e. The van der Waals surface area contributed by atoms with Crippen molar-refractivity contribution in [1.29, 1.82) is 0 Å². The molecule has 0 atom stereocenters. The molecule has 2 aromatic heterocycles. The van der Waals surface area contributed by atoms with E-state index in [-0.39, 0.29) is 5.95 Å². The van der Waals surface area contributed by atoms with Gasteiger partial charge in [-0.3, -0.25) is 0 Å². The van der Waals surface area contributed by atoms with Gasteiger partial charge in [-0.25, -0.2) is 4.68 Å². The number of anilines is 3. The topological polar surface area (TPSA) is 94.5 Å². The molecule has 7 nitrogen and oxygen atoms in total. The lowest BCUT2D eigenvalue weighted by Crippen LogP contribution is -2.09. The summed E-state index contributed by atoms with van der Waals surface area (Å²) in [4.78, 5) is 12.4. The highest BCUT2D eigenvalue weighted by Crippen LogP contribution is 2.15. The molecule has 0 fully saturated rings. The van der Waals surface area contributed by atoms with Crippen molar-refractivity contribution in [1.82, 2.24) is 24.7 Å². The number of benzene rings is 1. The van der Waals surface area contributed by atoms with E-state index in [0.717, 1.165) is 5.69 Å². The van der Waals surface area contributed by atoms with Crippen LogP contribution in [-0.2, 0) is 0 Å². The first-order valence-corrected chi connectivity index (χ1v) is 6.06. The van der Waals surface area contributed by atoms with Crippen LogP contribution in [0.4, 0.5) is 17.6 Å². The number of nitrogens with one attached hydrogen (secondary N) is 1. The predicted octanol–water partition coefficient (Wildman–Crippen LogP) is 1.69. The molecule has 0 aliphatic heterocycles.